The van der Waals surface area contributed by atoms with Gasteiger partial charge in [0.25, 0.3) is 5.91 Å². The molecule has 0 bridgehead atoms. The van der Waals surface area contributed by atoms with Crippen LogP contribution in [0.15, 0.2) is 24.3 Å². The number of hydrogen-bond acceptors (Lipinski definition) is 5. The van der Waals surface area contributed by atoms with Crippen molar-refractivity contribution in [3.05, 3.63) is 29.8 Å². The number of esters is 1. The number of carbonyl (C=O) groups is 2. The second-order valence-electron chi connectivity index (χ2n) is 5.91. The average molecular weight is 356 g/mol. The lowest BCUT2D eigenvalue weighted by molar-refractivity contribution is -0.147. The van der Waals surface area contributed by atoms with Crippen LogP contribution in [0.4, 0.5) is 5.69 Å². The summed E-state index contributed by atoms with van der Waals surface area (Å²) >= 11 is 0. The Labute approximate surface area is 143 Å². The molecule has 0 radical (unpaired) electrons. The number of rotatable bonds is 8. The van der Waals surface area contributed by atoms with E-state index in [9.17, 15) is 18.0 Å². The zero-order valence-electron chi connectivity index (χ0n) is 14.4. The molecule has 8 heteroatoms. The van der Waals surface area contributed by atoms with Crippen molar-refractivity contribution in [1.82, 2.24) is 5.32 Å². The Morgan fingerprint density at radius 1 is 1.25 bits per heavy atom. The molecule has 24 heavy (non-hydrogen) atoms. The van der Waals surface area contributed by atoms with Crippen LogP contribution in [0.3, 0.4) is 0 Å². The Bertz CT molecular complexity index is 685. The van der Waals surface area contributed by atoms with Gasteiger partial charge in [-0.05, 0) is 24.5 Å². The zero-order chi connectivity index (χ0) is 18.3. The van der Waals surface area contributed by atoms with Crippen molar-refractivity contribution in [3.8, 4) is 0 Å². The highest BCUT2D eigenvalue weighted by Crippen LogP contribution is 2.21. The summed E-state index contributed by atoms with van der Waals surface area (Å²) in [7, 11) is -3.66. The maximum Gasteiger partial charge on any atom is 0.327 e. The van der Waals surface area contributed by atoms with Gasteiger partial charge >= 0.3 is 5.97 Å². The number of nitrogens with one attached hydrogen (secondary N) is 1. The molecule has 0 atom stereocenters. The summed E-state index contributed by atoms with van der Waals surface area (Å²) in [6.07, 6.45) is 1.02. The first-order valence-corrected chi connectivity index (χ1v) is 9.41. The number of hydrogen-bond donors (Lipinski definition) is 1. The molecule has 0 saturated heterocycles. The number of anilines is 1. The van der Waals surface area contributed by atoms with Gasteiger partial charge in [0, 0.05) is 6.54 Å². The maximum absolute atomic E-state index is 12.0. The Kier molecular flexibility index (Phi) is 7.21. The number of ether oxygens (including phenoxy) is 1. The van der Waals surface area contributed by atoms with Crippen molar-refractivity contribution in [2.45, 2.75) is 20.8 Å². The van der Waals surface area contributed by atoms with Crippen LogP contribution >= 0.6 is 0 Å². The molecule has 0 fully saturated rings. The Hall–Kier alpha value is -2.09. The van der Waals surface area contributed by atoms with Gasteiger partial charge < -0.3 is 10.1 Å². The topological polar surface area (TPSA) is 92.8 Å². The largest absolute Gasteiger partial charge is 0.454 e. The van der Waals surface area contributed by atoms with Gasteiger partial charge in [-0.2, -0.15) is 0 Å². The maximum atomic E-state index is 12.0. The van der Waals surface area contributed by atoms with Gasteiger partial charge in [0.15, 0.2) is 6.61 Å². The second kappa shape index (κ2) is 8.68. The second-order valence-corrected chi connectivity index (χ2v) is 7.82. The van der Waals surface area contributed by atoms with Gasteiger partial charge in [-0.25, -0.2) is 8.42 Å². The Morgan fingerprint density at radius 3 is 2.42 bits per heavy atom. The molecular weight excluding hydrogens is 332 g/mol. The molecular formula is C16H24N2O5S. The molecule has 0 unspecified atom stereocenters. The molecule has 0 heterocycles. The SMILES string of the molecule is Cc1ccccc1N(CC(=O)OCC(=O)NCC(C)C)S(C)(=O)=O. The minimum absolute atomic E-state index is 0.284. The van der Waals surface area contributed by atoms with Crippen LogP contribution in [0.5, 0.6) is 0 Å². The normalized spacial score (nSPS) is 11.2. The molecule has 0 aliphatic rings. The first-order valence-electron chi connectivity index (χ1n) is 7.57. The predicted octanol–water partition coefficient (Wildman–Crippen LogP) is 1.08. The third-order valence-corrected chi connectivity index (χ3v) is 4.26. The minimum atomic E-state index is -3.66. The van der Waals surface area contributed by atoms with E-state index in [2.05, 4.69) is 5.32 Å². The van der Waals surface area contributed by atoms with Crippen LogP contribution < -0.4 is 9.62 Å². The van der Waals surface area contributed by atoms with E-state index in [0.29, 0.717) is 17.8 Å². The molecule has 0 saturated carbocycles. The van der Waals surface area contributed by atoms with E-state index in [1.165, 1.54) is 0 Å². The molecule has 1 rings (SSSR count). The summed E-state index contributed by atoms with van der Waals surface area (Å²) in [4.78, 5) is 23.5. The fraction of sp³-hybridized carbons (Fsp3) is 0.500. The number of nitrogens with zero attached hydrogens (tertiary/aromatic N) is 1. The first kappa shape index (κ1) is 20.0. The first-order chi connectivity index (χ1) is 11.1. The van der Waals surface area contributed by atoms with E-state index in [1.54, 1.807) is 31.2 Å². The standard InChI is InChI=1S/C16H24N2O5S/c1-12(2)9-17-15(19)11-23-16(20)10-18(24(4,21)22)14-8-6-5-7-13(14)3/h5-8,12H,9-11H2,1-4H3,(H,17,19). The van der Waals surface area contributed by atoms with Gasteiger partial charge in [-0.3, -0.25) is 13.9 Å². The van der Waals surface area contributed by atoms with Crippen molar-refractivity contribution in [1.29, 1.82) is 0 Å². The van der Waals surface area contributed by atoms with Crippen molar-refractivity contribution >= 4 is 27.6 Å². The lowest BCUT2D eigenvalue weighted by atomic mass is 10.2. The smallest absolute Gasteiger partial charge is 0.327 e. The van der Waals surface area contributed by atoms with Crippen LogP contribution in [0, 0.1) is 12.8 Å². The molecule has 134 valence electrons. The van der Waals surface area contributed by atoms with Gasteiger partial charge in [0.05, 0.1) is 11.9 Å². The quantitative estimate of drug-likeness (QED) is 0.704. The molecule has 1 amide bonds. The summed E-state index contributed by atoms with van der Waals surface area (Å²) in [5.74, 6) is -0.923. The molecule has 0 aliphatic heterocycles. The number of aryl methyl sites for hydroxylation is 1. The van der Waals surface area contributed by atoms with Crippen molar-refractivity contribution in [2.75, 3.05) is 30.3 Å². The van der Waals surface area contributed by atoms with Crippen LogP contribution in [-0.4, -0.2) is 46.2 Å². The number of carbonyl (C=O) groups excluding carboxylic acids is 2. The Balaban J connectivity index is 2.70. The number of amides is 1. The fourth-order valence-electron chi connectivity index (χ4n) is 1.90. The Morgan fingerprint density at radius 2 is 1.88 bits per heavy atom. The van der Waals surface area contributed by atoms with E-state index >= 15 is 0 Å². The van der Waals surface area contributed by atoms with E-state index < -0.39 is 35.1 Å². The monoisotopic (exact) mass is 356 g/mol. The van der Waals surface area contributed by atoms with Crippen LogP contribution in [0.25, 0.3) is 0 Å². The minimum Gasteiger partial charge on any atom is -0.454 e. The highest BCUT2D eigenvalue weighted by atomic mass is 32.2. The van der Waals surface area contributed by atoms with Gasteiger partial charge in [-0.1, -0.05) is 32.0 Å². The molecule has 1 aromatic carbocycles. The molecule has 7 nitrogen and oxygen atoms in total. The van der Waals surface area contributed by atoms with E-state index in [4.69, 9.17) is 4.74 Å². The molecule has 1 aromatic rings. The zero-order valence-corrected chi connectivity index (χ0v) is 15.2. The molecule has 0 aliphatic carbocycles. The number of sulfonamides is 1. The van der Waals surface area contributed by atoms with E-state index in [0.717, 1.165) is 10.6 Å². The fourth-order valence-corrected chi connectivity index (χ4v) is 2.80. The third kappa shape index (κ3) is 6.57. The van der Waals surface area contributed by atoms with Crippen molar-refractivity contribution < 1.29 is 22.7 Å². The van der Waals surface area contributed by atoms with Crippen molar-refractivity contribution in [3.63, 3.8) is 0 Å². The number of benzene rings is 1. The summed E-state index contributed by atoms with van der Waals surface area (Å²) in [6.45, 7) is 5.20. The lowest BCUT2D eigenvalue weighted by Crippen LogP contribution is -2.38. The molecule has 1 N–H and O–H groups in total. The summed E-state index contributed by atoms with van der Waals surface area (Å²) in [5, 5.41) is 2.61. The summed E-state index contributed by atoms with van der Waals surface area (Å²) in [6, 6.07) is 6.82. The van der Waals surface area contributed by atoms with Crippen LogP contribution in [0.1, 0.15) is 19.4 Å². The number of para-hydroxylation sites is 1. The van der Waals surface area contributed by atoms with E-state index in [1.807, 2.05) is 13.8 Å². The van der Waals surface area contributed by atoms with Crippen LogP contribution in [-0.2, 0) is 24.3 Å². The van der Waals surface area contributed by atoms with Gasteiger partial charge in [0.1, 0.15) is 6.54 Å². The average Bonchev–Trinajstić information content (AvgIpc) is 2.48. The molecule has 0 aromatic heterocycles. The van der Waals surface area contributed by atoms with Gasteiger partial charge in [0.2, 0.25) is 10.0 Å². The van der Waals surface area contributed by atoms with Gasteiger partial charge in [-0.15, -0.1) is 0 Å². The van der Waals surface area contributed by atoms with Crippen LogP contribution in [0.2, 0.25) is 0 Å². The lowest BCUT2D eigenvalue weighted by Gasteiger charge is -2.23. The third-order valence-electron chi connectivity index (χ3n) is 3.13. The summed E-state index contributed by atoms with van der Waals surface area (Å²) < 4.78 is 29.8. The van der Waals surface area contributed by atoms with Crippen molar-refractivity contribution in [2.24, 2.45) is 5.92 Å². The predicted molar refractivity (Wildman–Crippen MR) is 92.2 cm³/mol. The molecule has 0 spiro atoms. The highest BCUT2D eigenvalue weighted by Gasteiger charge is 2.23. The highest BCUT2D eigenvalue weighted by molar-refractivity contribution is 7.92. The summed E-state index contributed by atoms with van der Waals surface area (Å²) in [5.41, 5.74) is 1.12. The van der Waals surface area contributed by atoms with E-state index in [-0.39, 0.29) is 5.92 Å².